The summed E-state index contributed by atoms with van der Waals surface area (Å²) < 4.78 is 2.05. The summed E-state index contributed by atoms with van der Waals surface area (Å²) in [5.41, 5.74) is 0.861. The maximum atomic E-state index is 6.17. The van der Waals surface area contributed by atoms with Crippen LogP contribution in [0.15, 0.2) is 30.6 Å². The fourth-order valence-electron chi connectivity index (χ4n) is 1.63. The minimum atomic E-state index is 0.659. The van der Waals surface area contributed by atoms with Crippen LogP contribution < -0.4 is 5.32 Å². The molecule has 17 heavy (non-hydrogen) atoms. The first-order valence-electron chi connectivity index (χ1n) is 5.33. The lowest BCUT2D eigenvalue weighted by atomic mass is 10.2. The van der Waals surface area contributed by atoms with Gasteiger partial charge < -0.3 is 9.88 Å². The van der Waals surface area contributed by atoms with E-state index in [4.69, 9.17) is 23.2 Å². The molecule has 2 rings (SSSR count). The molecule has 1 aromatic carbocycles. The maximum absolute atomic E-state index is 6.17. The van der Waals surface area contributed by atoms with E-state index < -0.39 is 0 Å². The van der Waals surface area contributed by atoms with Crippen molar-refractivity contribution in [2.24, 2.45) is 0 Å². The third kappa shape index (κ3) is 2.80. The standard InChI is InChI=1S/C12H13Cl2N3/c1-15-4-6-17-7-5-16-12(17)10-8-9(13)2-3-11(10)14/h2-3,5,7-8,15H,4,6H2,1H3. The number of hydrogen-bond donors (Lipinski definition) is 1. The average Bonchev–Trinajstić information content (AvgIpc) is 2.77. The molecule has 0 radical (unpaired) electrons. The first kappa shape index (κ1) is 12.4. The van der Waals surface area contributed by atoms with Crippen molar-refractivity contribution in [1.29, 1.82) is 0 Å². The molecule has 0 aliphatic heterocycles. The Labute approximate surface area is 110 Å². The minimum Gasteiger partial charge on any atom is -0.330 e. The molecule has 0 atom stereocenters. The number of aromatic nitrogens is 2. The monoisotopic (exact) mass is 269 g/mol. The number of nitrogens with zero attached hydrogens (tertiary/aromatic N) is 2. The van der Waals surface area contributed by atoms with Crippen LogP contribution in [-0.2, 0) is 6.54 Å². The Morgan fingerprint density at radius 2 is 2.18 bits per heavy atom. The minimum absolute atomic E-state index is 0.659. The Hall–Kier alpha value is -1.03. The van der Waals surface area contributed by atoms with Gasteiger partial charge in [-0.25, -0.2) is 4.98 Å². The number of imidazole rings is 1. The number of nitrogens with one attached hydrogen (secondary N) is 1. The smallest absolute Gasteiger partial charge is 0.141 e. The zero-order valence-electron chi connectivity index (χ0n) is 9.45. The summed E-state index contributed by atoms with van der Waals surface area (Å²) in [6, 6.07) is 5.40. The predicted molar refractivity (Wildman–Crippen MR) is 71.6 cm³/mol. The highest BCUT2D eigenvalue weighted by molar-refractivity contribution is 6.35. The predicted octanol–water partition coefficient (Wildman–Crippen LogP) is 3.08. The van der Waals surface area contributed by atoms with Gasteiger partial charge in [-0.2, -0.15) is 0 Å². The molecule has 1 aromatic heterocycles. The molecular formula is C12H13Cl2N3. The molecule has 1 heterocycles. The van der Waals surface area contributed by atoms with E-state index in [1.54, 1.807) is 18.3 Å². The Balaban J connectivity index is 2.38. The molecule has 5 heteroatoms. The maximum Gasteiger partial charge on any atom is 0.141 e. The molecule has 0 aliphatic carbocycles. The van der Waals surface area contributed by atoms with Gasteiger partial charge in [0.05, 0.1) is 5.02 Å². The van der Waals surface area contributed by atoms with Gasteiger partial charge in [-0.15, -0.1) is 0 Å². The highest BCUT2D eigenvalue weighted by Crippen LogP contribution is 2.29. The van der Waals surface area contributed by atoms with Gasteiger partial charge in [0.25, 0.3) is 0 Å². The van der Waals surface area contributed by atoms with Crippen LogP contribution in [-0.4, -0.2) is 23.1 Å². The van der Waals surface area contributed by atoms with Crippen LogP contribution in [0.2, 0.25) is 10.0 Å². The lowest BCUT2D eigenvalue weighted by Crippen LogP contribution is -2.15. The first-order chi connectivity index (χ1) is 8.22. The van der Waals surface area contributed by atoms with E-state index >= 15 is 0 Å². The first-order valence-corrected chi connectivity index (χ1v) is 6.09. The van der Waals surface area contributed by atoms with E-state index in [1.165, 1.54) is 0 Å². The van der Waals surface area contributed by atoms with Crippen LogP contribution in [0.4, 0.5) is 0 Å². The summed E-state index contributed by atoms with van der Waals surface area (Å²) in [4.78, 5) is 4.33. The summed E-state index contributed by atoms with van der Waals surface area (Å²) >= 11 is 12.1. The van der Waals surface area contributed by atoms with Gasteiger partial charge in [0.1, 0.15) is 5.82 Å². The summed E-state index contributed by atoms with van der Waals surface area (Å²) in [6.07, 6.45) is 3.70. The summed E-state index contributed by atoms with van der Waals surface area (Å²) in [5, 5.41) is 4.42. The van der Waals surface area contributed by atoms with E-state index in [2.05, 4.69) is 10.3 Å². The Morgan fingerprint density at radius 3 is 2.94 bits per heavy atom. The van der Waals surface area contributed by atoms with Crippen molar-refractivity contribution in [3.63, 3.8) is 0 Å². The van der Waals surface area contributed by atoms with Gasteiger partial charge in [-0.3, -0.25) is 0 Å². The van der Waals surface area contributed by atoms with Gasteiger partial charge in [-0.05, 0) is 25.2 Å². The van der Waals surface area contributed by atoms with Crippen molar-refractivity contribution >= 4 is 23.2 Å². The molecule has 2 aromatic rings. The van der Waals surface area contributed by atoms with Crippen LogP contribution in [0.1, 0.15) is 0 Å². The van der Waals surface area contributed by atoms with Crippen LogP contribution in [0.25, 0.3) is 11.4 Å². The van der Waals surface area contributed by atoms with Gasteiger partial charge in [0.2, 0.25) is 0 Å². The van der Waals surface area contributed by atoms with Crippen molar-refractivity contribution < 1.29 is 0 Å². The molecule has 0 bridgehead atoms. The summed E-state index contributed by atoms with van der Waals surface area (Å²) in [7, 11) is 1.92. The normalized spacial score (nSPS) is 10.8. The lowest BCUT2D eigenvalue weighted by Gasteiger charge is -2.09. The quantitative estimate of drug-likeness (QED) is 0.925. The van der Waals surface area contributed by atoms with Crippen molar-refractivity contribution in [1.82, 2.24) is 14.9 Å². The van der Waals surface area contributed by atoms with Gasteiger partial charge in [-0.1, -0.05) is 23.2 Å². The molecule has 90 valence electrons. The van der Waals surface area contributed by atoms with E-state index in [0.717, 1.165) is 24.5 Å². The molecule has 0 unspecified atom stereocenters. The Bertz CT molecular complexity index is 508. The number of hydrogen-bond acceptors (Lipinski definition) is 2. The molecule has 0 aliphatic rings. The van der Waals surface area contributed by atoms with E-state index in [1.807, 2.05) is 23.9 Å². The van der Waals surface area contributed by atoms with E-state index in [-0.39, 0.29) is 0 Å². The second-order valence-electron chi connectivity index (χ2n) is 3.67. The summed E-state index contributed by atoms with van der Waals surface area (Å²) in [6.45, 7) is 1.72. The fourth-order valence-corrected chi connectivity index (χ4v) is 2.01. The summed E-state index contributed by atoms with van der Waals surface area (Å²) in [5.74, 6) is 0.841. The topological polar surface area (TPSA) is 29.9 Å². The molecule has 3 nitrogen and oxygen atoms in total. The molecule has 1 N–H and O–H groups in total. The fraction of sp³-hybridized carbons (Fsp3) is 0.250. The van der Waals surface area contributed by atoms with Crippen molar-refractivity contribution in [3.05, 3.63) is 40.6 Å². The highest BCUT2D eigenvalue weighted by Gasteiger charge is 2.10. The largest absolute Gasteiger partial charge is 0.330 e. The average molecular weight is 270 g/mol. The van der Waals surface area contributed by atoms with Crippen LogP contribution in [0, 0.1) is 0 Å². The molecule has 0 amide bonds. The number of rotatable bonds is 4. The number of benzene rings is 1. The third-order valence-electron chi connectivity index (χ3n) is 2.49. The van der Waals surface area contributed by atoms with E-state index in [0.29, 0.717) is 10.0 Å². The lowest BCUT2D eigenvalue weighted by molar-refractivity contribution is 0.649. The molecule has 0 saturated heterocycles. The molecule has 0 saturated carbocycles. The second-order valence-corrected chi connectivity index (χ2v) is 4.52. The SMILES string of the molecule is CNCCn1ccnc1-c1cc(Cl)ccc1Cl. The Morgan fingerprint density at radius 1 is 1.35 bits per heavy atom. The van der Waals surface area contributed by atoms with Gasteiger partial charge in [0, 0.05) is 36.1 Å². The van der Waals surface area contributed by atoms with E-state index in [9.17, 15) is 0 Å². The van der Waals surface area contributed by atoms with Crippen LogP contribution >= 0.6 is 23.2 Å². The van der Waals surface area contributed by atoms with Gasteiger partial charge in [0.15, 0.2) is 0 Å². The molecule has 0 spiro atoms. The van der Waals surface area contributed by atoms with Crippen LogP contribution in [0.3, 0.4) is 0 Å². The molecule has 0 fully saturated rings. The molecular weight excluding hydrogens is 257 g/mol. The van der Waals surface area contributed by atoms with Crippen molar-refractivity contribution in [2.75, 3.05) is 13.6 Å². The third-order valence-corrected chi connectivity index (χ3v) is 3.05. The van der Waals surface area contributed by atoms with Crippen molar-refractivity contribution in [3.8, 4) is 11.4 Å². The van der Waals surface area contributed by atoms with Gasteiger partial charge >= 0.3 is 0 Å². The zero-order valence-corrected chi connectivity index (χ0v) is 11.0. The second kappa shape index (κ2) is 5.54. The number of likely N-dealkylation sites (N-methyl/N-ethyl adjacent to an activating group) is 1. The zero-order chi connectivity index (χ0) is 12.3. The van der Waals surface area contributed by atoms with Crippen LogP contribution in [0.5, 0.6) is 0 Å². The van der Waals surface area contributed by atoms with Crippen molar-refractivity contribution in [2.45, 2.75) is 6.54 Å². The number of halogens is 2. The highest BCUT2D eigenvalue weighted by atomic mass is 35.5. The Kier molecular flexibility index (Phi) is 4.05.